The quantitative estimate of drug-likeness (QED) is 0.481. The van der Waals surface area contributed by atoms with Crippen LogP contribution in [0.3, 0.4) is 0 Å². The van der Waals surface area contributed by atoms with Gasteiger partial charge in [-0.2, -0.15) is 0 Å². The molecule has 0 N–H and O–H groups in total. The Kier molecular flexibility index (Phi) is 5.46. The van der Waals surface area contributed by atoms with Gasteiger partial charge in [-0.3, -0.25) is 14.0 Å². The maximum Gasteiger partial charge on any atom is 0.274 e. The first-order chi connectivity index (χ1) is 16.0. The maximum atomic E-state index is 13.5. The summed E-state index contributed by atoms with van der Waals surface area (Å²) in [5, 5.41) is 0. The van der Waals surface area contributed by atoms with Crippen LogP contribution in [0, 0.1) is 0 Å². The molecular formula is C26H27N5O2. The highest BCUT2D eigenvalue weighted by atomic mass is 16.2. The van der Waals surface area contributed by atoms with E-state index in [1.54, 1.807) is 4.90 Å². The first kappa shape index (κ1) is 21.0. The molecule has 1 fully saturated rings. The Morgan fingerprint density at radius 3 is 2.15 bits per heavy atom. The second kappa shape index (κ2) is 8.58. The van der Waals surface area contributed by atoms with Crippen LogP contribution in [0.2, 0.25) is 0 Å². The van der Waals surface area contributed by atoms with E-state index in [2.05, 4.69) is 24.6 Å². The lowest BCUT2D eigenvalue weighted by Crippen LogP contribution is -2.50. The van der Waals surface area contributed by atoms with E-state index in [0.717, 1.165) is 16.9 Å². The van der Waals surface area contributed by atoms with E-state index in [0.29, 0.717) is 43.5 Å². The van der Waals surface area contributed by atoms with Gasteiger partial charge >= 0.3 is 0 Å². The molecule has 1 saturated heterocycles. The Morgan fingerprint density at radius 1 is 0.818 bits per heavy atom. The van der Waals surface area contributed by atoms with Gasteiger partial charge in [0.25, 0.3) is 11.8 Å². The van der Waals surface area contributed by atoms with Gasteiger partial charge in [-0.05, 0) is 44.2 Å². The molecule has 0 saturated carbocycles. The SMILES string of the molecule is CC(C)n1ccc(-c2nc(C(=O)N3CCN(C(=O)c4ccccc4)CC3)c3ccccn23)c1. The van der Waals surface area contributed by atoms with Crippen molar-refractivity contribution in [3.05, 3.63) is 84.4 Å². The van der Waals surface area contributed by atoms with Gasteiger partial charge in [-0.25, -0.2) is 4.98 Å². The Hall–Kier alpha value is -3.87. The molecule has 7 nitrogen and oxygen atoms in total. The van der Waals surface area contributed by atoms with Gasteiger partial charge in [0.15, 0.2) is 5.69 Å². The Bertz CT molecular complexity index is 1300. The van der Waals surface area contributed by atoms with E-state index in [9.17, 15) is 9.59 Å². The number of imidazole rings is 1. The first-order valence-corrected chi connectivity index (χ1v) is 11.3. The van der Waals surface area contributed by atoms with E-state index in [1.165, 1.54) is 0 Å². The van der Waals surface area contributed by atoms with Crippen LogP contribution in [-0.4, -0.2) is 61.7 Å². The average Bonchev–Trinajstić information content (AvgIpc) is 3.49. The Morgan fingerprint density at radius 2 is 1.48 bits per heavy atom. The molecule has 168 valence electrons. The molecule has 2 amide bonds. The normalized spacial score (nSPS) is 14.3. The van der Waals surface area contributed by atoms with Crippen molar-refractivity contribution < 1.29 is 9.59 Å². The van der Waals surface area contributed by atoms with Crippen molar-refractivity contribution in [2.24, 2.45) is 0 Å². The van der Waals surface area contributed by atoms with Crippen molar-refractivity contribution in [2.45, 2.75) is 19.9 Å². The molecule has 7 heteroatoms. The predicted molar refractivity (Wildman–Crippen MR) is 127 cm³/mol. The van der Waals surface area contributed by atoms with Gasteiger partial charge in [-0.1, -0.05) is 24.3 Å². The fraction of sp³-hybridized carbons (Fsp3) is 0.269. The fourth-order valence-corrected chi connectivity index (χ4v) is 4.29. The second-order valence-electron chi connectivity index (χ2n) is 8.63. The zero-order chi connectivity index (χ0) is 22.9. The van der Waals surface area contributed by atoms with Gasteiger partial charge in [0, 0.05) is 61.9 Å². The highest BCUT2D eigenvalue weighted by Gasteiger charge is 2.28. The minimum Gasteiger partial charge on any atom is -0.351 e. The number of piperazine rings is 1. The number of hydrogen-bond donors (Lipinski definition) is 0. The molecule has 5 rings (SSSR count). The van der Waals surface area contributed by atoms with Crippen molar-refractivity contribution in [1.29, 1.82) is 0 Å². The van der Waals surface area contributed by atoms with Crippen molar-refractivity contribution in [1.82, 2.24) is 23.8 Å². The molecule has 0 bridgehead atoms. The molecular weight excluding hydrogens is 414 g/mol. The average molecular weight is 442 g/mol. The summed E-state index contributed by atoms with van der Waals surface area (Å²) in [5.74, 6) is 0.665. The highest BCUT2D eigenvalue weighted by Crippen LogP contribution is 2.25. The third-order valence-corrected chi connectivity index (χ3v) is 6.19. The lowest BCUT2D eigenvalue weighted by Gasteiger charge is -2.34. The van der Waals surface area contributed by atoms with Gasteiger partial charge in [0.1, 0.15) is 5.82 Å². The number of nitrogens with zero attached hydrogens (tertiary/aromatic N) is 5. The minimum atomic E-state index is -0.0972. The molecule has 0 unspecified atom stereocenters. The minimum absolute atomic E-state index is 0.00657. The summed E-state index contributed by atoms with van der Waals surface area (Å²) in [7, 11) is 0. The largest absolute Gasteiger partial charge is 0.351 e. The highest BCUT2D eigenvalue weighted by molar-refractivity contribution is 6.00. The van der Waals surface area contributed by atoms with Gasteiger partial charge in [0.05, 0.1) is 5.52 Å². The number of fused-ring (bicyclic) bond motifs is 1. The van der Waals surface area contributed by atoms with Crippen LogP contribution in [0.25, 0.3) is 16.9 Å². The third-order valence-electron chi connectivity index (χ3n) is 6.19. The second-order valence-corrected chi connectivity index (χ2v) is 8.63. The Labute approximate surface area is 192 Å². The van der Waals surface area contributed by atoms with Crippen LogP contribution >= 0.6 is 0 Å². The van der Waals surface area contributed by atoms with Gasteiger partial charge in [-0.15, -0.1) is 0 Å². The van der Waals surface area contributed by atoms with Crippen molar-refractivity contribution >= 4 is 17.3 Å². The zero-order valence-corrected chi connectivity index (χ0v) is 18.9. The molecule has 0 radical (unpaired) electrons. The van der Waals surface area contributed by atoms with E-state index < -0.39 is 0 Å². The molecule has 4 aromatic rings. The molecule has 0 aliphatic carbocycles. The summed E-state index contributed by atoms with van der Waals surface area (Å²) in [6.45, 7) is 6.25. The molecule has 1 aliphatic rings. The van der Waals surface area contributed by atoms with Crippen molar-refractivity contribution in [3.63, 3.8) is 0 Å². The van der Waals surface area contributed by atoms with Crippen LogP contribution < -0.4 is 0 Å². The molecule has 33 heavy (non-hydrogen) atoms. The van der Waals surface area contributed by atoms with Crippen LogP contribution in [0.15, 0.2) is 73.2 Å². The van der Waals surface area contributed by atoms with E-state index in [-0.39, 0.29) is 11.8 Å². The van der Waals surface area contributed by atoms with Crippen LogP contribution in [-0.2, 0) is 0 Å². The maximum absolute atomic E-state index is 13.5. The molecule has 1 aromatic carbocycles. The standard InChI is InChI=1S/C26H27N5O2/c1-19(2)30-13-11-21(18-30)24-27-23(22-10-6-7-12-31(22)24)26(33)29-16-14-28(15-17-29)25(32)20-8-4-3-5-9-20/h3-13,18-19H,14-17H2,1-2H3. The molecule has 1 aliphatic heterocycles. The number of rotatable bonds is 4. The molecule has 4 heterocycles. The predicted octanol–water partition coefficient (Wildman–Crippen LogP) is 3.98. The summed E-state index contributed by atoms with van der Waals surface area (Å²) >= 11 is 0. The summed E-state index contributed by atoms with van der Waals surface area (Å²) in [4.78, 5) is 34.6. The number of aromatic nitrogens is 3. The fourth-order valence-electron chi connectivity index (χ4n) is 4.29. The molecule has 3 aromatic heterocycles. The topological polar surface area (TPSA) is 62.9 Å². The summed E-state index contributed by atoms with van der Waals surface area (Å²) < 4.78 is 4.10. The molecule has 0 spiro atoms. The van der Waals surface area contributed by atoms with Crippen molar-refractivity contribution in [2.75, 3.05) is 26.2 Å². The Balaban J connectivity index is 1.38. The lowest BCUT2D eigenvalue weighted by molar-refractivity contribution is 0.0533. The number of carbonyl (C=O) groups is 2. The summed E-state index contributed by atoms with van der Waals surface area (Å²) in [6.07, 6.45) is 6.04. The van der Waals surface area contributed by atoms with Crippen LogP contribution in [0.1, 0.15) is 40.7 Å². The van der Waals surface area contributed by atoms with Crippen LogP contribution in [0.4, 0.5) is 0 Å². The number of amides is 2. The first-order valence-electron chi connectivity index (χ1n) is 11.3. The van der Waals surface area contributed by atoms with Crippen molar-refractivity contribution in [3.8, 4) is 11.4 Å². The summed E-state index contributed by atoms with van der Waals surface area (Å²) in [5.41, 5.74) is 2.89. The van der Waals surface area contributed by atoms with Crippen LogP contribution in [0.5, 0.6) is 0 Å². The number of hydrogen-bond acceptors (Lipinski definition) is 3. The third kappa shape index (κ3) is 3.91. The van der Waals surface area contributed by atoms with E-state index in [4.69, 9.17) is 4.98 Å². The number of carbonyl (C=O) groups excluding carboxylic acids is 2. The van der Waals surface area contributed by atoms with E-state index in [1.807, 2.05) is 76.3 Å². The van der Waals surface area contributed by atoms with Gasteiger partial charge < -0.3 is 14.4 Å². The number of pyridine rings is 1. The zero-order valence-electron chi connectivity index (χ0n) is 18.9. The smallest absolute Gasteiger partial charge is 0.274 e. The number of benzene rings is 1. The lowest BCUT2D eigenvalue weighted by atomic mass is 10.2. The monoisotopic (exact) mass is 441 g/mol. The van der Waals surface area contributed by atoms with Gasteiger partial charge in [0.2, 0.25) is 0 Å². The van der Waals surface area contributed by atoms with E-state index >= 15 is 0 Å². The molecule has 0 atom stereocenters. The summed E-state index contributed by atoms with van der Waals surface area (Å²) in [6, 6.07) is 17.5.